The van der Waals surface area contributed by atoms with E-state index in [1.54, 1.807) is 0 Å². The zero-order chi connectivity index (χ0) is 16.1. The van der Waals surface area contributed by atoms with E-state index in [-0.39, 0.29) is 6.04 Å². The number of hydrogen-bond acceptors (Lipinski definition) is 4. The first kappa shape index (κ1) is 14.2. The highest BCUT2D eigenvalue weighted by Crippen LogP contribution is 2.41. The molecule has 3 heterocycles. The molecule has 0 fully saturated rings. The molecule has 0 aliphatic carbocycles. The van der Waals surface area contributed by atoms with Crippen LogP contribution in [-0.2, 0) is 0 Å². The highest BCUT2D eigenvalue weighted by molar-refractivity contribution is 5.75. The third kappa shape index (κ3) is 2.04. The third-order valence-electron chi connectivity index (χ3n) is 4.74. The summed E-state index contributed by atoms with van der Waals surface area (Å²) in [6, 6.07) is 11.1. The van der Waals surface area contributed by atoms with Crippen molar-refractivity contribution in [2.45, 2.75) is 32.1 Å². The van der Waals surface area contributed by atoms with Crippen molar-refractivity contribution in [3.8, 4) is 0 Å². The number of rotatable bonds is 1. The van der Waals surface area contributed by atoms with Crippen molar-refractivity contribution >= 4 is 11.3 Å². The number of benzene rings is 1. The first-order chi connectivity index (χ1) is 11.1. The molecule has 118 valence electrons. The Hall–Kier alpha value is -2.37. The van der Waals surface area contributed by atoms with Gasteiger partial charge in [-0.25, -0.2) is 4.98 Å². The van der Waals surface area contributed by atoms with E-state index in [1.165, 1.54) is 0 Å². The summed E-state index contributed by atoms with van der Waals surface area (Å²) in [6.07, 6.45) is 0.0347. The molecule has 0 amide bonds. The first-order valence-corrected chi connectivity index (χ1v) is 7.73. The van der Waals surface area contributed by atoms with Crippen LogP contribution in [0.25, 0.3) is 5.65 Å². The summed E-state index contributed by atoms with van der Waals surface area (Å²) in [7, 11) is 0. The topological polar surface area (TPSA) is 69.8 Å². The average Bonchev–Trinajstić information content (AvgIpc) is 2.86. The second-order valence-corrected chi connectivity index (χ2v) is 6.09. The average molecular weight is 309 g/mol. The molecule has 23 heavy (non-hydrogen) atoms. The van der Waals surface area contributed by atoms with Crippen LogP contribution in [0.15, 0.2) is 42.6 Å². The number of aliphatic hydroxyl groups excluding tert-OH is 2. The number of aryl methyl sites for hydroxylation is 2. The van der Waals surface area contributed by atoms with Crippen LogP contribution < -0.4 is 5.32 Å². The summed E-state index contributed by atoms with van der Waals surface area (Å²) >= 11 is 0. The minimum atomic E-state index is -0.946. The van der Waals surface area contributed by atoms with Crippen molar-refractivity contribution in [3.63, 3.8) is 0 Å². The highest BCUT2D eigenvalue weighted by atomic mass is 16.3. The molecule has 0 bridgehead atoms. The molecule has 1 aliphatic heterocycles. The number of aromatic nitrogens is 2. The number of nitrogens with zero attached hydrogens (tertiary/aromatic N) is 2. The van der Waals surface area contributed by atoms with Crippen molar-refractivity contribution in [1.82, 2.24) is 9.38 Å². The summed E-state index contributed by atoms with van der Waals surface area (Å²) in [5.41, 5.74) is 5.21. The van der Waals surface area contributed by atoms with E-state index in [0.29, 0.717) is 5.56 Å². The lowest BCUT2D eigenvalue weighted by atomic mass is 9.89. The summed E-state index contributed by atoms with van der Waals surface area (Å²) in [5.74, 6) is 0. The minimum Gasteiger partial charge on any atom is -0.388 e. The van der Waals surface area contributed by atoms with Crippen LogP contribution >= 0.6 is 0 Å². The summed E-state index contributed by atoms with van der Waals surface area (Å²) < 4.78 is 2.01. The molecule has 0 radical (unpaired) electrons. The van der Waals surface area contributed by atoms with Gasteiger partial charge in [-0.2, -0.15) is 0 Å². The van der Waals surface area contributed by atoms with Crippen LogP contribution in [0.1, 0.15) is 34.7 Å². The van der Waals surface area contributed by atoms with Crippen molar-refractivity contribution in [2.75, 3.05) is 5.32 Å². The van der Waals surface area contributed by atoms with Gasteiger partial charge in [-0.3, -0.25) is 0 Å². The quantitative estimate of drug-likeness (QED) is 0.646. The normalized spacial score (nSPS) is 23.6. The van der Waals surface area contributed by atoms with Gasteiger partial charge < -0.3 is 19.9 Å². The van der Waals surface area contributed by atoms with Crippen LogP contribution in [0.5, 0.6) is 0 Å². The summed E-state index contributed by atoms with van der Waals surface area (Å²) in [6.45, 7) is 3.99. The fraction of sp³-hybridized carbons (Fsp3) is 0.278. The van der Waals surface area contributed by atoms with Crippen LogP contribution in [0.2, 0.25) is 0 Å². The van der Waals surface area contributed by atoms with Gasteiger partial charge in [-0.15, -0.1) is 0 Å². The fourth-order valence-corrected chi connectivity index (χ4v) is 3.30. The molecular formula is C18H19N3O2. The molecule has 3 aromatic rings. The molecule has 3 N–H and O–H groups in total. The standard InChI is InChI=1S/C18H19N3O2/c1-10-11(2)21-9-8-13-15(18(21)19-10)20-14(17(23)16(13)22)12-6-4-3-5-7-12/h3-9,14,16-17,20,22-23H,1-2H3/t14-,16+,17+/m0/s1. The molecule has 2 aromatic heterocycles. The van der Waals surface area contributed by atoms with Gasteiger partial charge in [0.25, 0.3) is 0 Å². The molecule has 0 spiro atoms. The van der Waals surface area contributed by atoms with E-state index in [4.69, 9.17) is 0 Å². The van der Waals surface area contributed by atoms with Gasteiger partial charge in [0, 0.05) is 17.5 Å². The Kier molecular flexibility index (Phi) is 3.14. The van der Waals surface area contributed by atoms with E-state index in [1.807, 2.05) is 60.8 Å². The molecule has 3 atom stereocenters. The van der Waals surface area contributed by atoms with Crippen molar-refractivity contribution in [2.24, 2.45) is 0 Å². The van der Waals surface area contributed by atoms with E-state index < -0.39 is 12.2 Å². The Labute approximate surface area is 134 Å². The molecule has 5 heteroatoms. The highest BCUT2D eigenvalue weighted by Gasteiger charge is 2.36. The van der Waals surface area contributed by atoms with Crippen LogP contribution in [-0.4, -0.2) is 25.7 Å². The molecule has 0 unspecified atom stereocenters. The second kappa shape index (κ2) is 5.08. The molecule has 0 saturated carbocycles. The van der Waals surface area contributed by atoms with Gasteiger partial charge in [0.05, 0.1) is 17.4 Å². The minimum absolute atomic E-state index is 0.373. The van der Waals surface area contributed by atoms with Crippen LogP contribution in [0, 0.1) is 13.8 Å². The van der Waals surface area contributed by atoms with Crippen molar-refractivity contribution < 1.29 is 10.2 Å². The number of nitrogens with one attached hydrogen (secondary N) is 1. The van der Waals surface area contributed by atoms with E-state index in [2.05, 4.69) is 10.3 Å². The smallest absolute Gasteiger partial charge is 0.161 e. The third-order valence-corrected chi connectivity index (χ3v) is 4.74. The van der Waals surface area contributed by atoms with Gasteiger partial charge in [-0.1, -0.05) is 30.3 Å². The largest absolute Gasteiger partial charge is 0.388 e. The van der Waals surface area contributed by atoms with Gasteiger partial charge in [-0.05, 0) is 25.5 Å². The number of fused-ring (bicyclic) bond motifs is 3. The molecule has 4 rings (SSSR count). The zero-order valence-electron chi connectivity index (χ0n) is 13.1. The maximum absolute atomic E-state index is 10.6. The lowest BCUT2D eigenvalue weighted by Gasteiger charge is -2.35. The summed E-state index contributed by atoms with van der Waals surface area (Å²) in [5, 5.41) is 24.5. The van der Waals surface area contributed by atoms with Gasteiger partial charge in [0.15, 0.2) is 5.65 Å². The Morgan fingerprint density at radius 2 is 1.83 bits per heavy atom. The Morgan fingerprint density at radius 3 is 2.57 bits per heavy atom. The molecule has 0 saturated heterocycles. The SMILES string of the molecule is Cc1nc2c3c(ccn2c1C)[C@@H](O)[C@H](O)[C@H](c1ccccc1)N3. The monoisotopic (exact) mass is 309 g/mol. The van der Waals surface area contributed by atoms with Gasteiger partial charge in [0.2, 0.25) is 0 Å². The Morgan fingerprint density at radius 1 is 1.09 bits per heavy atom. The molecule has 1 aliphatic rings. The molecule has 5 nitrogen and oxygen atoms in total. The number of aliphatic hydroxyl groups is 2. The number of pyridine rings is 1. The van der Waals surface area contributed by atoms with E-state index >= 15 is 0 Å². The zero-order valence-corrected chi connectivity index (χ0v) is 13.1. The van der Waals surface area contributed by atoms with E-state index in [9.17, 15) is 10.2 Å². The Bertz CT molecular complexity index is 873. The predicted molar refractivity (Wildman–Crippen MR) is 88.4 cm³/mol. The summed E-state index contributed by atoms with van der Waals surface area (Å²) in [4.78, 5) is 4.62. The van der Waals surface area contributed by atoms with Gasteiger partial charge >= 0.3 is 0 Å². The van der Waals surface area contributed by atoms with Crippen molar-refractivity contribution in [3.05, 3.63) is 65.1 Å². The van der Waals surface area contributed by atoms with Crippen LogP contribution in [0.4, 0.5) is 5.69 Å². The number of hydrogen-bond donors (Lipinski definition) is 3. The predicted octanol–water partition coefficient (Wildman–Crippen LogP) is 2.51. The lowest BCUT2D eigenvalue weighted by molar-refractivity contribution is 0.00198. The number of anilines is 1. The second-order valence-electron chi connectivity index (χ2n) is 6.09. The van der Waals surface area contributed by atoms with E-state index in [0.717, 1.165) is 28.3 Å². The maximum atomic E-state index is 10.6. The van der Waals surface area contributed by atoms with Gasteiger partial charge in [0.1, 0.15) is 12.2 Å². The lowest BCUT2D eigenvalue weighted by Crippen LogP contribution is -2.36. The molecule has 1 aromatic carbocycles. The van der Waals surface area contributed by atoms with Crippen molar-refractivity contribution in [1.29, 1.82) is 0 Å². The molecular weight excluding hydrogens is 290 g/mol. The first-order valence-electron chi connectivity index (χ1n) is 7.73. The Balaban J connectivity index is 1.90. The fourth-order valence-electron chi connectivity index (χ4n) is 3.30. The maximum Gasteiger partial charge on any atom is 0.161 e. The van der Waals surface area contributed by atoms with Crippen LogP contribution in [0.3, 0.4) is 0 Å². The number of imidazole rings is 1.